The second-order valence-corrected chi connectivity index (χ2v) is 6.82. The number of nitrogens with one attached hydrogen (secondary N) is 1. The molecule has 5 heteroatoms. The summed E-state index contributed by atoms with van der Waals surface area (Å²) < 4.78 is 2.21. The van der Waals surface area contributed by atoms with Crippen molar-refractivity contribution in [3.8, 4) is 22.6 Å². The van der Waals surface area contributed by atoms with Gasteiger partial charge in [0.25, 0.3) is 0 Å². The summed E-state index contributed by atoms with van der Waals surface area (Å²) in [4.78, 5) is 6.02. The highest BCUT2D eigenvalue weighted by molar-refractivity contribution is 7.10. The molecule has 4 aromatic rings. The van der Waals surface area contributed by atoms with Crippen LogP contribution < -0.4 is 0 Å². The summed E-state index contributed by atoms with van der Waals surface area (Å²) in [6.45, 7) is 4.22. The van der Waals surface area contributed by atoms with E-state index in [4.69, 9.17) is 4.98 Å². The van der Waals surface area contributed by atoms with Gasteiger partial charge in [0.15, 0.2) is 0 Å². The molecule has 24 heavy (non-hydrogen) atoms. The van der Waals surface area contributed by atoms with Crippen molar-refractivity contribution in [2.75, 3.05) is 0 Å². The molecular formula is C19H18N4S. The van der Waals surface area contributed by atoms with Crippen LogP contribution in [0.25, 0.3) is 22.6 Å². The SMILES string of the molecule is Cc1cc(-c2c(-c3ccccc3)ncn2[C@H](C)c2cccs2)n[nH]1. The van der Waals surface area contributed by atoms with Crippen molar-refractivity contribution < 1.29 is 0 Å². The average Bonchev–Trinajstić information content (AvgIpc) is 3.35. The maximum Gasteiger partial charge on any atom is 0.111 e. The molecule has 0 aliphatic rings. The zero-order valence-corrected chi connectivity index (χ0v) is 14.4. The molecule has 0 bridgehead atoms. The lowest BCUT2D eigenvalue weighted by molar-refractivity contribution is 0.654. The van der Waals surface area contributed by atoms with E-state index in [9.17, 15) is 0 Å². The summed E-state index contributed by atoms with van der Waals surface area (Å²) in [5, 5.41) is 9.64. The molecule has 3 heterocycles. The molecule has 0 spiro atoms. The van der Waals surface area contributed by atoms with Crippen molar-refractivity contribution in [3.63, 3.8) is 0 Å². The number of H-pyrrole nitrogens is 1. The number of benzene rings is 1. The fourth-order valence-corrected chi connectivity index (χ4v) is 3.70. The zero-order chi connectivity index (χ0) is 16.5. The third-order valence-corrected chi connectivity index (χ3v) is 5.20. The Morgan fingerprint density at radius 3 is 2.62 bits per heavy atom. The van der Waals surface area contributed by atoms with Crippen LogP contribution in [0, 0.1) is 6.92 Å². The lowest BCUT2D eigenvalue weighted by Gasteiger charge is -2.15. The first-order valence-corrected chi connectivity index (χ1v) is 8.80. The number of thiophene rings is 1. The van der Waals surface area contributed by atoms with Crippen molar-refractivity contribution >= 4 is 11.3 Å². The number of rotatable bonds is 4. The van der Waals surface area contributed by atoms with Crippen LogP contribution in [-0.2, 0) is 0 Å². The van der Waals surface area contributed by atoms with Crippen molar-refractivity contribution in [1.82, 2.24) is 19.7 Å². The second kappa shape index (κ2) is 6.09. The Bertz CT molecular complexity index is 935. The van der Waals surface area contributed by atoms with E-state index >= 15 is 0 Å². The molecule has 0 fully saturated rings. The minimum absolute atomic E-state index is 0.210. The van der Waals surface area contributed by atoms with Crippen LogP contribution in [0.1, 0.15) is 23.5 Å². The van der Waals surface area contributed by atoms with E-state index in [1.54, 1.807) is 11.3 Å². The van der Waals surface area contributed by atoms with E-state index in [0.29, 0.717) is 0 Å². The van der Waals surface area contributed by atoms with Gasteiger partial charge < -0.3 is 4.57 Å². The van der Waals surface area contributed by atoms with Crippen LogP contribution in [0.3, 0.4) is 0 Å². The molecular weight excluding hydrogens is 316 g/mol. The van der Waals surface area contributed by atoms with Crippen LogP contribution in [0.15, 0.2) is 60.2 Å². The monoisotopic (exact) mass is 334 g/mol. The van der Waals surface area contributed by atoms with Gasteiger partial charge in [0, 0.05) is 16.1 Å². The molecule has 0 saturated carbocycles. The summed E-state index contributed by atoms with van der Waals surface area (Å²) in [5.41, 5.74) is 5.08. The molecule has 1 atom stereocenters. The van der Waals surface area contributed by atoms with Gasteiger partial charge in [0.2, 0.25) is 0 Å². The highest BCUT2D eigenvalue weighted by Crippen LogP contribution is 2.35. The highest BCUT2D eigenvalue weighted by Gasteiger charge is 2.21. The van der Waals surface area contributed by atoms with E-state index in [-0.39, 0.29) is 6.04 Å². The van der Waals surface area contributed by atoms with E-state index in [1.165, 1.54) is 4.88 Å². The van der Waals surface area contributed by atoms with Gasteiger partial charge in [0.1, 0.15) is 5.69 Å². The third kappa shape index (κ3) is 2.57. The molecule has 4 rings (SSSR count). The Morgan fingerprint density at radius 1 is 1.12 bits per heavy atom. The Kier molecular flexibility index (Phi) is 3.78. The molecule has 1 aromatic carbocycles. The standard InChI is InChI=1S/C19H18N4S/c1-13-11-16(22-21-13)19-18(15-7-4-3-5-8-15)20-12-23(19)14(2)17-9-6-10-24-17/h3-12,14H,1-2H3,(H,21,22)/t14-/m1/s1. The minimum Gasteiger partial charge on any atom is -0.321 e. The summed E-state index contributed by atoms with van der Waals surface area (Å²) in [5.74, 6) is 0. The van der Waals surface area contributed by atoms with E-state index in [2.05, 4.69) is 57.4 Å². The van der Waals surface area contributed by atoms with Crippen LogP contribution in [0.4, 0.5) is 0 Å². The quantitative estimate of drug-likeness (QED) is 0.576. The molecule has 0 unspecified atom stereocenters. The number of hydrogen-bond donors (Lipinski definition) is 1. The summed E-state index contributed by atoms with van der Waals surface area (Å²) >= 11 is 1.76. The molecule has 0 amide bonds. The van der Waals surface area contributed by atoms with Crippen molar-refractivity contribution in [2.45, 2.75) is 19.9 Å². The van der Waals surface area contributed by atoms with Crippen molar-refractivity contribution in [3.05, 3.63) is 70.8 Å². The normalized spacial score (nSPS) is 12.4. The zero-order valence-electron chi connectivity index (χ0n) is 13.6. The molecule has 120 valence electrons. The van der Waals surface area contributed by atoms with Gasteiger partial charge in [-0.1, -0.05) is 36.4 Å². The Morgan fingerprint density at radius 2 is 1.96 bits per heavy atom. The van der Waals surface area contributed by atoms with Gasteiger partial charge in [-0.05, 0) is 31.4 Å². The molecule has 0 saturated heterocycles. The second-order valence-electron chi connectivity index (χ2n) is 5.84. The smallest absolute Gasteiger partial charge is 0.111 e. The fraction of sp³-hybridized carbons (Fsp3) is 0.158. The number of aromatic amines is 1. The van der Waals surface area contributed by atoms with Gasteiger partial charge in [-0.15, -0.1) is 11.3 Å². The summed E-state index contributed by atoms with van der Waals surface area (Å²) in [7, 11) is 0. The molecule has 3 aromatic heterocycles. The van der Waals surface area contributed by atoms with Crippen LogP contribution in [0.5, 0.6) is 0 Å². The highest BCUT2D eigenvalue weighted by atomic mass is 32.1. The number of aryl methyl sites for hydroxylation is 1. The first-order chi connectivity index (χ1) is 11.7. The predicted octanol–water partition coefficient (Wildman–Crippen LogP) is 4.92. The lowest BCUT2D eigenvalue weighted by Crippen LogP contribution is -2.06. The lowest BCUT2D eigenvalue weighted by atomic mass is 10.1. The van der Waals surface area contributed by atoms with Gasteiger partial charge in [-0.3, -0.25) is 5.10 Å². The topological polar surface area (TPSA) is 46.5 Å². The first kappa shape index (κ1) is 14.9. The Labute approximate surface area is 144 Å². The molecule has 0 aliphatic heterocycles. The molecule has 0 aliphatic carbocycles. The average molecular weight is 334 g/mol. The van der Waals surface area contributed by atoms with Crippen LogP contribution >= 0.6 is 11.3 Å². The maximum atomic E-state index is 4.72. The van der Waals surface area contributed by atoms with Crippen molar-refractivity contribution in [2.24, 2.45) is 0 Å². The van der Waals surface area contributed by atoms with E-state index < -0.39 is 0 Å². The van der Waals surface area contributed by atoms with Crippen LogP contribution in [0.2, 0.25) is 0 Å². The van der Waals surface area contributed by atoms with Crippen LogP contribution in [-0.4, -0.2) is 19.7 Å². The maximum absolute atomic E-state index is 4.72. The summed E-state index contributed by atoms with van der Waals surface area (Å²) in [6, 6.07) is 16.8. The number of nitrogens with zero attached hydrogens (tertiary/aromatic N) is 3. The molecule has 4 nitrogen and oxygen atoms in total. The number of aromatic nitrogens is 4. The predicted molar refractivity (Wildman–Crippen MR) is 98.1 cm³/mol. The first-order valence-electron chi connectivity index (χ1n) is 7.92. The third-order valence-electron chi connectivity index (χ3n) is 4.16. The molecule has 1 N–H and O–H groups in total. The largest absolute Gasteiger partial charge is 0.321 e. The fourth-order valence-electron chi connectivity index (χ4n) is 2.92. The minimum atomic E-state index is 0.210. The Hall–Kier alpha value is -2.66. The van der Waals surface area contributed by atoms with E-state index in [0.717, 1.165) is 28.3 Å². The summed E-state index contributed by atoms with van der Waals surface area (Å²) in [6.07, 6.45) is 1.92. The van der Waals surface area contributed by atoms with Gasteiger partial charge in [-0.25, -0.2) is 4.98 Å². The van der Waals surface area contributed by atoms with E-state index in [1.807, 2.05) is 31.5 Å². The Balaban J connectivity index is 1.90. The van der Waals surface area contributed by atoms with Gasteiger partial charge >= 0.3 is 0 Å². The number of hydrogen-bond acceptors (Lipinski definition) is 3. The number of imidazole rings is 1. The van der Waals surface area contributed by atoms with Gasteiger partial charge in [0.05, 0.1) is 23.8 Å². The molecule has 0 radical (unpaired) electrons. The van der Waals surface area contributed by atoms with Gasteiger partial charge in [-0.2, -0.15) is 5.10 Å². The van der Waals surface area contributed by atoms with Crippen molar-refractivity contribution in [1.29, 1.82) is 0 Å².